The van der Waals surface area contributed by atoms with Gasteiger partial charge in [-0.25, -0.2) is 0 Å². The van der Waals surface area contributed by atoms with E-state index >= 15 is 0 Å². The van der Waals surface area contributed by atoms with Gasteiger partial charge in [-0.05, 0) is 30.2 Å². The standard InChI is InChI=1S/C18H20N2O4S2/c21-17-16(11-13-2-3-14-15(10-13)24-12-23-14)26-18(25)20(17)5-1-4-19-6-8-22-9-7-19/h2-3,10-11H,1,4-9,12H2/b16-11-. The molecule has 0 spiro atoms. The highest BCUT2D eigenvalue weighted by molar-refractivity contribution is 8.26. The van der Waals surface area contributed by atoms with Crippen LogP contribution < -0.4 is 9.47 Å². The van der Waals surface area contributed by atoms with E-state index in [9.17, 15) is 4.79 Å². The monoisotopic (exact) mass is 392 g/mol. The number of carbonyl (C=O) groups excluding carboxylic acids is 1. The molecule has 0 N–H and O–H groups in total. The van der Waals surface area contributed by atoms with Crippen LogP contribution in [0.3, 0.4) is 0 Å². The first kappa shape index (κ1) is 17.8. The fraction of sp³-hybridized carbons (Fsp3) is 0.444. The van der Waals surface area contributed by atoms with Crippen molar-refractivity contribution in [3.8, 4) is 11.5 Å². The Morgan fingerprint density at radius 3 is 2.81 bits per heavy atom. The summed E-state index contributed by atoms with van der Waals surface area (Å²) in [5, 5.41) is 0. The van der Waals surface area contributed by atoms with E-state index in [1.165, 1.54) is 11.8 Å². The predicted octanol–water partition coefficient (Wildman–Crippen LogP) is 2.34. The molecule has 1 aromatic carbocycles. The Kier molecular flexibility index (Phi) is 5.44. The van der Waals surface area contributed by atoms with Crippen molar-refractivity contribution in [1.29, 1.82) is 0 Å². The number of carbonyl (C=O) groups is 1. The average Bonchev–Trinajstić information content (AvgIpc) is 3.22. The van der Waals surface area contributed by atoms with Crippen LogP contribution in [0.25, 0.3) is 6.08 Å². The smallest absolute Gasteiger partial charge is 0.266 e. The summed E-state index contributed by atoms with van der Waals surface area (Å²) in [6.07, 6.45) is 2.77. The van der Waals surface area contributed by atoms with Gasteiger partial charge in [0.25, 0.3) is 5.91 Å². The van der Waals surface area contributed by atoms with Gasteiger partial charge in [-0.3, -0.25) is 14.6 Å². The quantitative estimate of drug-likeness (QED) is 0.563. The molecule has 1 amide bonds. The van der Waals surface area contributed by atoms with Crippen molar-refractivity contribution in [2.75, 3.05) is 46.2 Å². The van der Waals surface area contributed by atoms with Crippen molar-refractivity contribution >= 4 is 40.3 Å². The molecular weight excluding hydrogens is 372 g/mol. The number of amides is 1. The number of benzene rings is 1. The van der Waals surface area contributed by atoms with E-state index in [1.807, 2.05) is 24.3 Å². The molecule has 26 heavy (non-hydrogen) atoms. The summed E-state index contributed by atoms with van der Waals surface area (Å²) in [5.74, 6) is 1.43. The van der Waals surface area contributed by atoms with Crippen LogP contribution in [0.5, 0.6) is 11.5 Å². The highest BCUT2D eigenvalue weighted by Crippen LogP contribution is 2.36. The maximum atomic E-state index is 12.7. The molecule has 3 aliphatic heterocycles. The number of nitrogens with zero attached hydrogens (tertiary/aromatic N) is 2. The second-order valence-corrected chi connectivity index (χ2v) is 7.93. The number of ether oxygens (including phenoxy) is 3. The molecule has 3 aliphatic rings. The Bertz CT molecular complexity index is 747. The fourth-order valence-electron chi connectivity index (χ4n) is 3.12. The van der Waals surface area contributed by atoms with Crippen LogP contribution in [0.2, 0.25) is 0 Å². The minimum Gasteiger partial charge on any atom is -0.454 e. The van der Waals surface area contributed by atoms with E-state index < -0.39 is 0 Å². The first-order valence-electron chi connectivity index (χ1n) is 8.66. The molecule has 0 aliphatic carbocycles. The average molecular weight is 393 g/mol. The number of thiocarbonyl (C=S) groups is 1. The Labute approximate surface area is 162 Å². The van der Waals surface area contributed by atoms with Gasteiger partial charge in [0.15, 0.2) is 11.5 Å². The summed E-state index contributed by atoms with van der Waals surface area (Å²) >= 11 is 6.77. The van der Waals surface area contributed by atoms with E-state index in [2.05, 4.69) is 4.90 Å². The fourth-order valence-corrected chi connectivity index (χ4v) is 4.43. The molecular formula is C18H20N2O4S2. The summed E-state index contributed by atoms with van der Waals surface area (Å²) in [5.41, 5.74) is 0.906. The molecule has 2 saturated heterocycles. The topological polar surface area (TPSA) is 51.2 Å². The van der Waals surface area contributed by atoms with Crippen molar-refractivity contribution in [2.45, 2.75) is 6.42 Å². The second kappa shape index (κ2) is 7.96. The van der Waals surface area contributed by atoms with Gasteiger partial charge in [0.1, 0.15) is 4.32 Å². The SMILES string of the molecule is O=C1/C(=C/c2ccc3c(c2)OCO3)SC(=S)N1CCCN1CCOCC1. The lowest BCUT2D eigenvalue weighted by Crippen LogP contribution is -2.38. The van der Waals surface area contributed by atoms with Gasteiger partial charge < -0.3 is 14.2 Å². The number of rotatable bonds is 5. The molecule has 0 saturated carbocycles. The van der Waals surface area contributed by atoms with Crippen molar-refractivity contribution in [1.82, 2.24) is 9.80 Å². The minimum absolute atomic E-state index is 0.0142. The molecule has 0 aromatic heterocycles. The summed E-state index contributed by atoms with van der Waals surface area (Å²) in [4.78, 5) is 17.4. The van der Waals surface area contributed by atoms with E-state index in [4.69, 9.17) is 26.4 Å². The molecule has 0 atom stereocenters. The lowest BCUT2D eigenvalue weighted by atomic mass is 10.2. The molecule has 6 nitrogen and oxygen atoms in total. The Morgan fingerprint density at radius 2 is 1.96 bits per heavy atom. The van der Waals surface area contributed by atoms with Crippen LogP contribution >= 0.6 is 24.0 Å². The number of hydrogen-bond donors (Lipinski definition) is 0. The minimum atomic E-state index is -0.0142. The molecule has 8 heteroatoms. The third-order valence-corrected chi connectivity index (χ3v) is 5.91. The summed E-state index contributed by atoms with van der Waals surface area (Å²) in [7, 11) is 0. The molecule has 0 radical (unpaired) electrons. The van der Waals surface area contributed by atoms with Gasteiger partial charge in [0.2, 0.25) is 6.79 Å². The zero-order valence-corrected chi connectivity index (χ0v) is 15.9. The Balaban J connectivity index is 1.37. The van der Waals surface area contributed by atoms with Crippen LogP contribution in [0.1, 0.15) is 12.0 Å². The highest BCUT2D eigenvalue weighted by Gasteiger charge is 2.31. The summed E-state index contributed by atoms with van der Waals surface area (Å²) < 4.78 is 16.7. The van der Waals surface area contributed by atoms with Crippen LogP contribution in [0.4, 0.5) is 0 Å². The van der Waals surface area contributed by atoms with Gasteiger partial charge in [-0.15, -0.1) is 0 Å². The van der Waals surface area contributed by atoms with Gasteiger partial charge in [0.05, 0.1) is 18.1 Å². The first-order valence-corrected chi connectivity index (χ1v) is 9.88. The second-order valence-electron chi connectivity index (χ2n) is 6.25. The first-order chi connectivity index (χ1) is 12.7. The number of morpholine rings is 1. The van der Waals surface area contributed by atoms with Gasteiger partial charge >= 0.3 is 0 Å². The van der Waals surface area contributed by atoms with Gasteiger partial charge in [-0.2, -0.15) is 0 Å². The van der Waals surface area contributed by atoms with Crippen LogP contribution in [0.15, 0.2) is 23.1 Å². The number of fused-ring (bicyclic) bond motifs is 1. The van der Waals surface area contributed by atoms with Gasteiger partial charge in [-0.1, -0.05) is 30.0 Å². The maximum absolute atomic E-state index is 12.7. The van der Waals surface area contributed by atoms with E-state index in [-0.39, 0.29) is 12.7 Å². The van der Waals surface area contributed by atoms with E-state index in [0.29, 0.717) is 21.5 Å². The lowest BCUT2D eigenvalue weighted by molar-refractivity contribution is -0.122. The van der Waals surface area contributed by atoms with E-state index in [1.54, 1.807) is 4.90 Å². The van der Waals surface area contributed by atoms with Crippen LogP contribution in [-0.4, -0.2) is 66.2 Å². The zero-order valence-electron chi connectivity index (χ0n) is 14.3. The lowest BCUT2D eigenvalue weighted by Gasteiger charge is -2.27. The van der Waals surface area contributed by atoms with Crippen LogP contribution in [0, 0.1) is 0 Å². The molecule has 0 unspecified atom stereocenters. The number of hydrogen-bond acceptors (Lipinski definition) is 7. The highest BCUT2D eigenvalue weighted by atomic mass is 32.2. The molecule has 2 fully saturated rings. The normalized spacial score (nSPS) is 21.8. The van der Waals surface area contributed by atoms with Gasteiger partial charge in [0, 0.05) is 26.2 Å². The summed E-state index contributed by atoms with van der Waals surface area (Å²) in [6.45, 7) is 5.36. The molecule has 138 valence electrons. The van der Waals surface area contributed by atoms with Crippen molar-refractivity contribution < 1.29 is 19.0 Å². The maximum Gasteiger partial charge on any atom is 0.266 e. The molecule has 3 heterocycles. The Morgan fingerprint density at radius 1 is 1.15 bits per heavy atom. The largest absolute Gasteiger partial charge is 0.454 e. The molecule has 0 bridgehead atoms. The molecule has 4 rings (SSSR count). The van der Waals surface area contributed by atoms with Crippen molar-refractivity contribution in [3.63, 3.8) is 0 Å². The number of thioether (sulfide) groups is 1. The zero-order chi connectivity index (χ0) is 17.9. The van der Waals surface area contributed by atoms with Crippen molar-refractivity contribution in [2.24, 2.45) is 0 Å². The van der Waals surface area contributed by atoms with Crippen molar-refractivity contribution in [3.05, 3.63) is 28.7 Å². The third kappa shape index (κ3) is 3.88. The summed E-state index contributed by atoms with van der Waals surface area (Å²) in [6, 6.07) is 5.66. The van der Waals surface area contributed by atoms with Crippen LogP contribution in [-0.2, 0) is 9.53 Å². The Hall–Kier alpha value is -1.61. The third-order valence-electron chi connectivity index (χ3n) is 4.53. The molecule has 1 aromatic rings. The predicted molar refractivity (Wildman–Crippen MR) is 104 cm³/mol. The van der Waals surface area contributed by atoms with E-state index in [0.717, 1.165) is 50.6 Å².